The van der Waals surface area contributed by atoms with E-state index in [0.29, 0.717) is 6.61 Å². The summed E-state index contributed by atoms with van der Waals surface area (Å²) in [6.45, 7) is 0.480. The molecule has 0 amide bonds. The monoisotopic (exact) mass is 336 g/mol. The Morgan fingerprint density at radius 1 is 0.875 bits per heavy atom. The Labute approximate surface area is 146 Å². The largest absolute Gasteiger partial charge is 0.488 e. The molecular formula is C20H17ClN2O. The maximum Gasteiger partial charge on any atom is 0.128 e. The molecule has 1 N–H and O–H groups in total. The van der Waals surface area contributed by atoms with Crippen LogP contribution in [-0.2, 0) is 6.61 Å². The van der Waals surface area contributed by atoms with E-state index in [9.17, 15) is 0 Å². The average molecular weight is 337 g/mol. The van der Waals surface area contributed by atoms with Crippen molar-refractivity contribution in [3.63, 3.8) is 0 Å². The lowest BCUT2D eigenvalue weighted by molar-refractivity contribution is 0.306. The van der Waals surface area contributed by atoms with Gasteiger partial charge in [0.2, 0.25) is 0 Å². The van der Waals surface area contributed by atoms with E-state index in [1.165, 1.54) is 0 Å². The predicted octanol–water partition coefficient (Wildman–Crippen LogP) is 5.37. The number of hydrogen-bond donors (Lipinski definition) is 1. The van der Waals surface area contributed by atoms with Crippen molar-refractivity contribution in [1.29, 1.82) is 0 Å². The molecule has 3 rings (SSSR count). The van der Waals surface area contributed by atoms with Crippen LogP contribution in [0.4, 0.5) is 5.69 Å². The van der Waals surface area contributed by atoms with Gasteiger partial charge >= 0.3 is 0 Å². The van der Waals surface area contributed by atoms with E-state index in [1.54, 1.807) is 6.21 Å². The van der Waals surface area contributed by atoms with Gasteiger partial charge < -0.3 is 4.74 Å². The highest BCUT2D eigenvalue weighted by molar-refractivity contribution is 6.30. The minimum absolute atomic E-state index is 0.480. The van der Waals surface area contributed by atoms with E-state index < -0.39 is 0 Å². The minimum Gasteiger partial charge on any atom is -0.488 e. The number of rotatable bonds is 6. The van der Waals surface area contributed by atoms with Crippen LogP contribution >= 0.6 is 11.6 Å². The quantitative estimate of drug-likeness (QED) is 0.485. The van der Waals surface area contributed by atoms with Gasteiger partial charge in [0.25, 0.3) is 0 Å². The summed E-state index contributed by atoms with van der Waals surface area (Å²) in [5, 5.41) is 4.99. The summed E-state index contributed by atoms with van der Waals surface area (Å²) < 4.78 is 5.90. The lowest BCUT2D eigenvalue weighted by Gasteiger charge is -2.09. The number of hydrazone groups is 1. The third kappa shape index (κ3) is 4.61. The maximum atomic E-state index is 5.90. The molecule has 3 aromatic rings. The Kier molecular flexibility index (Phi) is 5.48. The first-order valence-electron chi connectivity index (χ1n) is 7.62. The summed E-state index contributed by atoms with van der Waals surface area (Å²) in [7, 11) is 0. The molecule has 0 aliphatic rings. The van der Waals surface area contributed by atoms with Crippen molar-refractivity contribution in [2.75, 3.05) is 5.43 Å². The molecule has 0 aliphatic carbocycles. The van der Waals surface area contributed by atoms with Crippen molar-refractivity contribution in [3.05, 3.63) is 95.0 Å². The zero-order chi connectivity index (χ0) is 16.6. The average Bonchev–Trinajstić information content (AvgIpc) is 2.63. The molecule has 0 unspecified atom stereocenters. The fourth-order valence-electron chi connectivity index (χ4n) is 2.15. The first kappa shape index (κ1) is 16.1. The second-order valence-corrected chi connectivity index (χ2v) is 5.63. The summed E-state index contributed by atoms with van der Waals surface area (Å²) in [6.07, 6.45) is 1.75. The Morgan fingerprint density at radius 3 is 2.38 bits per heavy atom. The number of para-hydroxylation sites is 2. The summed E-state index contributed by atoms with van der Waals surface area (Å²) in [4.78, 5) is 0. The minimum atomic E-state index is 0.480. The molecule has 3 aromatic carbocycles. The number of halogens is 1. The van der Waals surface area contributed by atoms with Gasteiger partial charge in [0.1, 0.15) is 12.4 Å². The van der Waals surface area contributed by atoms with E-state index in [4.69, 9.17) is 16.3 Å². The van der Waals surface area contributed by atoms with Crippen LogP contribution in [0, 0.1) is 0 Å². The molecule has 3 nitrogen and oxygen atoms in total. The molecule has 0 spiro atoms. The van der Waals surface area contributed by atoms with Gasteiger partial charge in [-0.25, -0.2) is 0 Å². The molecule has 120 valence electrons. The van der Waals surface area contributed by atoms with Gasteiger partial charge in [-0.1, -0.05) is 54.1 Å². The van der Waals surface area contributed by atoms with Gasteiger partial charge in [0, 0.05) is 10.6 Å². The highest BCUT2D eigenvalue weighted by atomic mass is 35.5. The third-order valence-corrected chi connectivity index (χ3v) is 3.65. The molecule has 24 heavy (non-hydrogen) atoms. The molecule has 0 aliphatic heterocycles. The van der Waals surface area contributed by atoms with Gasteiger partial charge in [-0.05, 0) is 42.0 Å². The number of nitrogens with zero attached hydrogens (tertiary/aromatic N) is 1. The summed E-state index contributed by atoms with van der Waals surface area (Å²) in [5.41, 5.74) is 5.91. The van der Waals surface area contributed by atoms with Gasteiger partial charge in [-0.2, -0.15) is 5.10 Å². The van der Waals surface area contributed by atoms with Gasteiger partial charge in [0.05, 0.1) is 11.9 Å². The van der Waals surface area contributed by atoms with E-state index in [0.717, 1.165) is 27.6 Å². The molecule has 4 heteroatoms. The molecule has 0 fully saturated rings. The van der Waals surface area contributed by atoms with Crippen molar-refractivity contribution in [1.82, 2.24) is 0 Å². The highest BCUT2D eigenvalue weighted by Gasteiger charge is 2.01. The lowest BCUT2D eigenvalue weighted by Crippen LogP contribution is -1.99. The van der Waals surface area contributed by atoms with Gasteiger partial charge in [-0.15, -0.1) is 0 Å². The Hall–Kier alpha value is -2.78. The molecular weight excluding hydrogens is 320 g/mol. The van der Waals surface area contributed by atoms with E-state index in [-0.39, 0.29) is 0 Å². The zero-order valence-electron chi connectivity index (χ0n) is 13.0. The van der Waals surface area contributed by atoms with Gasteiger partial charge in [0.15, 0.2) is 0 Å². The van der Waals surface area contributed by atoms with Gasteiger partial charge in [-0.3, -0.25) is 5.43 Å². The van der Waals surface area contributed by atoms with Crippen LogP contribution in [0.15, 0.2) is 84.0 Å². The van der Waals surface area contributed by atoms with Crippen molar-refractivity contribution in [3.8, 4) is 5.75 Å². The maximum absolute atomic E-state index is 5.90. The number of hydrogen-bond acceptors (Lipinski definition) is 3. The summed E-state index contributed by atoms with van der Waals surface area (Å²) in [5.74, 6) is 0.783. The lowest BCUT2D eigenvalue weighted by atomic mass is 10.2. The molecule has 0 bridgehead atoms. The smallest absolute Gasteiger partial charge is 0.128 e. The molecule has 0 atom stereocenters. The van der Waals surface area contributed by atoms with Crippen LogP contribution in [0.5, 0.6) is 5.75 Å². The number of benzene rings is 3. The fraction of sp³-hybridized carbons (Fsp3) is 0.0500. The Morgan fingerprint density at radius 2 is 1.58 bits per heavy atom. The van der Waals surface area contributed by atoms with Crippen LogP contribution in [0.3, 0.4) is 0 Å². The second kappa shape index (κ2) is 8.18. The first-order chi connectivity index (χ1) is 11.8. The standard InChI is InChI=1S/C20H17ClN2O/c21-18-12-10-16(11-13-18)15-24-20-9-5-4-6-17(20)14-22-23-19-7-2-1-3-8-19/h1-14,23H,15H2/b22-14-. The molecule has 0 saturated heterocycles. The third-order valence-electron chi connectivity index (χ3n) is 3.40. The fourth-order valence-corrected chi connectivity index (χ4v) is 2.28. The van der Waals surface area contributed by atoms with Crippen LogP contribution in [0.1, 0.15) is 11.1 Å². The first-order valence-corrected chi connectivity index (χ1v) is 7.99. The SMILES string of the molecule is Clc1ccc(COc2ccccc2/C=N\Nc2ccccc2)cc1. The highest BCUT2D eigenvalue weighted by Crippen LogP contribution is 2.18. The number of anilines is 1. The van der Waals surface area contributed by atoms with Crippen LogP contribution < -0.4 is 10.2 Å². The van der Waals surface area contributed by atoms with Crippen molar-refractivity contribution < 1.29 is 4.74 Å². The van der Waals surface area contributed by atoms with Crippen LogP contribution in [0.25, 0.3) is 0 Å². The van der Waals surface area contributed by atoms with Crippen LogP contribution in [0.2, 0.25) is 5.02 Å². The van der Waals surface area contributed by atoms with Crippen molar-refractivity contribution in [2.24, 2.45) is 5.10 Å². The topological polar surface area (TPSA) is 33.6 Å². The normalized spacial score (nSPS) is 10.7. The second-order valence-electron chi connectivity index (χ2n) is 5.19. The Bertz CT molecular complexity index is 801. The van der Waals surface area contributed by atoms with E-state index in [2.05, 4.69) is 10.5 Å². The van der Waals surface area contributed by atoms with E-state index >= 15 is 0 Å². The molecule has 0 aromatic heterocycles. The van der Waals surface area contributed by atoms with Crippen molar-refractivity contribution in [2.45, 2.75) is 6.61 Å². The molecule has 0 radical (unpaired) electrons. The number of nitrogens with one attached hydrogen (secondary N) is 1. The summed E-state index contributed by atoms with van der Waals surface area (Å²) >= 11 is 5.90. The summed E-state index contributed by atoms with van der Waals surface area (Å²) in [6, 6.07) is 25.2. The molecule has 0 saturated carbocycles. The number of ether oxygens (including phenoxy) is 1. The zero-order valence-corrected chi connectivity index (χ0v) is 13.8. The van der Waals surface area contributed by atoms with Crippen LogP contribution in [-0.4, -0.2) is 6.21 Å². The predicted molar refractivity (Wildman–Crippen MR) is 99.9 cm³/mol. The Balaban J connectivity index is 1.65. The van der Waals surface area contributed by atoms with E-state index in [1.807, 2.05) is 78.9 Å². The van der Waals surface area contributed by atoms with Crippen molar-refractivity contribution >= 4 is 23.5 Å². The molecule has 0 heterocycles.